The molecule has 1 atom stereocenters. The molecule has 0 heterocycles. The molecule has 0 radical (unpaired) electrons. The molecule has 0 aliphatic carbocycles. The molecular formula is C13H20O. The average molecular weight is 192 g/mol. The normalized spacial score (nSPS) is 12.9. The molecule has 0 saturated heterocycles. The number of hydrogen-bond donors (Lipinski definition) is 0. The maximum absolute atomic E-state index is 5.23. The quantitative estimate of drug-likeness (QED) is 0.704. The summed E-state index contributed by atoms with van der Waals surface area (Å²) in [4.78, 5) is 0. The van der Waals surface area contributed by atoms with Crippen LogP contribution in [-0.4, -0.2) is 7.11 Å². The summed E-state index contributed by atoms with van der Waals surface area (Å²) in [5.74, 6) is 2.29. The Morgan fingerprint density at radius 2 is 2.00 bits per heavy atom. The van der Waals surface area contributed by atoms with Crippen LogP contribution in [0.15, 0.2) is 24.3 Å². The van der Waals surface area contributed by atoms with Crippen molar-refractivity contribution in [1.29, 1.82) is 0 Å². The van der Waals surface area contributed by atoms with Gasteiger partial charge in [0, 0.05) is 0 Å². The van der Waals surface area contributed by atoms with Crippen molar-refractivity contribution in [2.24, 2.45) is 5.92 Å². The topological polar surface area (TPSA) is 9.23 Å². The number of rotatable bonds is 4. The van der Waals surface area contributed by atoms with Gasteiger partial charge in [-0.3, -0.25) is 0 Å². The van der Waals surface area contributed by atoms with Gasteiger partial charge >= 0.3 is 0 Å². The third-order valence-corrected chi connectivity index (χ3v) is 2.77. The number of ether oxygens (including phenoxy) is 1. The zero-order valence-electron chi connectivity index (χ0n) is 9.58. The zero-order chi connectivity index (χ0) is 10.6. The highest BCUT2D eigenvalue weighted by Gasteiger charge is 2.13. The number of methoxy groups -OCH3 is 1. The fourth-order valence-electron chi connectivity index (χ4n) is 1.96. The van der Waals surface area contributed by atoms with Crippen LogP contribution in [0.4, 0.5) is 0 Å². The van der Waals surface area contributed by atoms with E-state index in [2.05, 4.69) is 39.0 Å². The Balaban J connectivity index is 2.92. The van der Waals surface area contributed by atoms with E-state index >= 15 is 0 Å². The summed E-state index contributed by atoms with van der Waals surface area (Å²) in [7, 11) is 1.72. The summed E-state index contributed by atoms with van der Waals surface area (Å²) in [5.41, 5.74) is 1.39. The minimum Gasteiger partial charge on any atom is -0.497 e. The van der Waals surface area contributed by atoms with Gasteiger partial charge in [-0.15, -0.1) is 0 Å². The first-order valence-electron chi connectivity index (χ1n) is 5.33. The molecule has 0 spiro atoms. The smallest absolute Gasteiger partial charge is 0.119 e. The average Bonchev–Trinajstić information content (AvgIpc) is 2.19. The van der Waals surface area contributed by atoms with E-state index in [-0.39, 0.29) is 0 Å². The highest BCUT2D eigenvalue weighted by atomic mass is 16.5. The van der Waals surface area contributed by atoms with Crippen molar-refractivity contribution in [2.75, 3.05) is 7.11 Å². The molecule has 1 rings (SSSR count). The fraction of sp³-hybridized carbons (Fsp3) is 0.538. The SMILES string of the molecule is CCC(c1cccc(OC)c1)C(C)C. The van der Waals surface area contributed by atoms with E-state index in [4.69, 9.17) is 4.74 Å². The van der Waals surface area contributed by atoms with Crippen LogP contribution in [0.2, 0.25) is 0 Å². The standard InChI is InChI=1S/C13H20O/c1-5-13(10(2)3)11-7-6-8-12(9-11)14-4/h6-10,13H,5H2,1-4H3. The molecule has 78 valence electrons. The zero-order valence-corrected chi connectivity index (χ0v) is 9.58. The molecule has 0 N–H and O–H groups in total. The largest absolute Gasteiger partial charge is 0.497 e. The Bertz CT molecular complexity index is 278. The lowest BCUT2D eigenvalue weighted by Crippen LogP contribution is -2.05. The minimum atomic E-state index is 0.644. The fourth-order valence-corrected chi connectivity index (χ4v) is 1.96. The van der Waals surface area contributed by atoms with Gasteiger partial charge < -0.3 is 4.74 Å². The Labute approximate surface area is 87.1 Å². The number of benzene rings is 1. The van der Waals surface area contributed by atoms with E-state index in [0.29, 0.717) is 11.8 Å². The maximum atomic E-state index is 5.23. The maximum Gasteiger partial charge on any atom is 0.119 e. The van der Waals surface area contributed by atoms with Crippen LogP contribution in [0.3, 0.4) is 0 Å². The second-order valence-corrected chi connectivity index (χ2v) is 4.04. The Morgan fingerprint density at radius 1 is 1.29 bits per heavy atom. The van der Waals surface area contributed by atoms with Gasteiger partial charge in [0.1, 0.15) is 5.75 Å². The summed E-state index contributed by atoms with van der Waals surface area (Å²) in [6.07, 6.45) is 1.19. The van der Waals surface area contributed by atoms with Crippen molar-refractivity contribution in [3.05, 3.63) is 29.8 Å². The Hall–Kier alpha value is -0.980. The van der Waals surface area contributed by atoms with Gasteiger partial charge in [0.05, 0.1) is 7.11 Å². The highest BCUT2D eigenvalue weighted by molar-refractivity contribution is 5.31. The second kappa shape index (κ2) is 5.04. The van der Waals surface area contributed by atoms with E-state index < -0.39 is 0 Å². The molecule has 14 heavy (non-hydrogen) atoms. The molecule has 0 bridgehead atoms. The lowest BCUT2D eigenvalue weighted by atomic mass is 9.86. The summed E-state index contributed by atoms with van der Waals surface area (Å²) in [5, 5.41) is 0. The minimum absolute atomic E-state index is 0.644. The molecule has 1 unspecified atom stereocenters. The van der Waals surface area contributed by atoms with Crippen LogP contribution >= 0.6 is 0 Å². The molecule has 0 aliphatic heterocycles. The van der Waals surface area contributed by atoms with E-state index in [0.717, 1.165) is 5.75 Å². The van der Waals surface area contributed by atoms with E-state index in [9.17, 15) is 0 Å². The van der Waals surface area contributed by atoms with Crippen molar-refractivity contribution in [1.82, 2.24) is 0 Å². The van der Waals surface area contributed by atoms with Crippen LogP contribution in [0.1, 0.15) is 38.7 Å². The lowest BCUT2D eigenvalue weighted by Gasteiger charge is -2.19. The molecule has 0 amide bonds. The first kappa shape index (κ1) is 11.1. The summed E-state index contributed by atoms with van der Waals surface area (Å²) in [6.45, 7) is 6.78. The van der Waals surface area contributed by atoms with Gasteiger partial charge in [-0.25, -0.2) is 0 Å². The van der Waals surface area contributed by atoms with Crippen LogP contribution in [0.5, 0.6) is 5.75 Å². The molecule has 1 aromatic rings. The monoisotopic (exact) mass is 192 g/mol. The van der Waals surface area contributed by atoms with Gasteiger partial charge in [-0.2, -0.15) is 0 Å². The van der Waals surface area contributed by atoms with Crippen LogP contribution in [-0.2, 0) is 0 Å². The predicted molar refractivity (Wildman–Crippen MR) is 60.9 cm³/mol. The first-order chi connectivity index (χ1) is 6.69. The summed E-state index contributed by atoms with van der Waals surface area (Å²) >= 11 is 0. The van der Waals surface area contributed by atoms with Gasteiger partial charge in [-0.1, -0.05) is 32.9 Å². The molecule has 1 aromatic carbocycles. The van der Waals surface area contributed by atoms with Crippen LogP contribution in [0.25, 0.3) is 0 Å². The lowest BCUT2D eigenvalue weighted by molar-refractivity contribution is 0.411. The molecule has 0 fully saturated rings. The summed E-state index contributed by atoms with van der Waals surface area (Å²) < 4.78 is 5.23. The van der Waals surface area contributed by atoms with Gasteiger partial charge in [0.15, 0.2) is 0 Å². The Morgan fingerprint density at radius 3 is 2.50 bits per heavy atom. The second-order valence-electron chi connectivity index (χ2n) is 4.04. The molecule has 0 aliphatic rings. The van der Waals surface area contributed by atoms with Crippen LogP contribution in [0, 0.1) is 5.92 Å². The molecule has 0 aromatic heterocycles. The van der Waals surface area contributed by atoms with E-state index in [1.54, 1.807) is 7.11 Å². The third kappa shape index (κ3) is 2.50. The number of hydrogen-bond acceptors (Lipinski definition) is 1. The molecular weight excluding hydrogens is 172 g/mol. The Kier molecular flexibility index (Phi) is 3.99. The highest BCUT2D eigenvalue weighted by Crippen LogP contribution is 2.29. The van der Waals surface area contributed by atoms with Gasteiger partial charge in [0.25, 0.3) is 0 Å². The summed E-state index contributed by atoms with van der Waals surface area (Å²) in [6, 6.07) is 8.40. The molecule has 0 saturated carbocycles. The van der Waals surface area contributed by atoms with Crippen LogP contribution < -0.4 is 4.74 Å². The van der Waals surface area contributed by atoms with E-state index in [1.165, 1.54) is 12.0 Å². The molecule has 1 heteroatoms. The molecule has 1 nitrogen and oxygen atoms in total. The van der Waals surface area contributed by atoms with E-state index in [1.807, 2.05) is 6.07 Å². The van der Waals surface area contributed by atoms with Crippen molar-refractivity contribution >= 4 is 0 Å². The van der Waals surface area contributed by atoms with Crippen molar-refractivity contribution in [2.45, 2.75) is 33.1 Å². The predicted octanol–water partition coefficient (Wildman–Crippen LogP) is 3.84. The van der Waals surface area contributed by atoms with Crippen molar-refractivity contribution in [3.63, 3.8) is 0 Å². The van der Waals surface area contributed by atoms with Crippen molar-refractivity contribution < 1.29 is 4.74 Å². The third-order valence-electron chi connectivity index (χ3n) is 2.77. The van der Waals surface area contributed by atoms with Gasteiger partial charge in [0.2, 0.25) is 0 Å². The van der Waals surface area contributed by atoms with Crippen molar-refractivity contribution in [3.8, 4) is 5.75 Å². The van der Waals surface area contributed by atoms with Gasteiger partial charge in [-0.05, 0) is 36.0 Å². The first-order valence-corrected chi connectivity index (χ1v) is 5.33.